The molecule has 1 aliphatic heterocycles. The molecule has 1 fully saturated rings. The lowest BCUT2D eigenvalue weighted by molar-refractivity contribution is 0.0665. The molecule has 18 heavy (non-hydrogen) atoms. The Morgan fingerprint density at radius 2 is 2.22 bits per heavy atom. The fraction of sp³-hybridized carbons (Fsp3) is 0.538. The van der Waals surface area contributed by atoms with Gasteiger partial charge in [-0.15, -0.1) is 0 Å². The van der Waals surface area contributed by atoms with Crippen molar-refractivity contribution in [2.45, 2.75) is 26.2 Å². The minimum Gasteiger partial charge on any atom is -0.409 e. The quantitative estimate of drug-likeness (QED) is 0.368. The van der Waals surface area contributed by atoms with Gasteiger partial charge in [0.25, 0.3) is 0 Å². The Kier molecular flexibility index (Phi) is 4.15. The van der Waals surface area contributed by atoms with Crippen LogP contribution in [0.5, 0.6) is 0 Å². The molecule has 1 aliphatic rings. The number of ether oxygens (including phenoxy) is 1. The van der Waals surface area contributed by atoms with E-state index in [1.807, 2.05) is 13.0 Å². The van der Waals surface area contributed by atoms with Crippen LogP contribution in [0.3, 0.4) is 0 Å². The Hall–Kier alpha value is -1.62. The van der Waals surface area contributed by atoms with Gasteiger partial charge in [-0.25, -0.2) is 4.98 Å². The normalized spacial score (nSPS) is 17.9. The first-order valence-corrected chi connectivity index (χ1v) is 6.22. The van der Waals surface area contributed by atoms with Gasteiger partial charge in [0.2, 0.25) is 0 Å². The summed E-state index contributed by atoms with van der Waals surface area (Å²) in [5, 5.41) is 11.7. The molecule has 2 rings (SSSR count). The Morgan fingerprint density at radius 3 is 2.89 bits per heavy atom. The van der Waals surface area contributed by atoms with Crippen molar-refractivity contribution in [3.05, 3.63) is 29.1 Å². The number of oxime groups is 1. The second-order valence-corrected chi connectivity index (χ2v) is 4.75. The summed E-state index contributed by atoms with van der Waals surface area (Å²) in [5.74, 6) is 0.715. The molecule has 0 radical (unpaired) electrons. The van der Waals surface area contributed by atoms with Gasteiger partial charge in [-0.1, -0.05) is 5.16 Å². The SMILES string of the molecule is Cc1cc(CC2CCOCC2)cc(C(N)=NO)n1. The zero-order chi connectivity index (χ0) is 13.0. The molecule has 3 N–H and O–H groups in total. The largest absolute Gasteiger partial charge is 0.409 e. The van der Waals surface area contributed by atoms with Gasteiger partial charge >= 0.3 is 0 Å². The van der Waals surface area contributed by atoms with Crippen molar-refractivity contribution in [3.8, 4) is 0 Å². The van der Waals surface area contributed by atoms with E-state index in [9.17, 15) is 0 Å². The maximum absolute atomic E-state index is 8.70. The molecular weight excluding hydrogens is 230 g/mol. The monoisotopic (exact) mass is 249 g/mol. The number of aryl methyl sites for hydroxylation is 1. The molecule has 5 heteroatoms. The molecule has 1 saturated heterocycles. The van der Waals surface area contributed by atoms with E-state index < -0.39 is 0 Å². The maximum Gasteiger partial charge on any atom is 0.188 e. The van der Waals surface area contributed by atoms with Gasteiger partial charge in [0.15, 0.2) is 5.84 Å². The number of hydrogen-bond acceptors (Lipinski definition) is 4. The summed E-state index contributed by atoms with van der Waals surface area (Å²) in [6.07, 6.45) is 3.19. The molecule has 0 saturated carbocycles. The second-order valence-electron chi connectivity index (χ2n) is 4.75. The van der Waals surface area contributed by atoms with Crippen LogP contribution in [0.1, 0.15) is 29.8 Å². The first-order valence-electron chi connectivity index (χ1n) is 6.22. The predicted molar refractivity (Wildman–Crippen MR) is 68.7 cm³/mol. The fourth-order valence-electron chi connectivity index (χ4n) is 2.32. The van der Waals surface area contributed by atoms with Gasteiger partial charge < -0.3 is 15.7 Å². The molecule has 0 aliphatic carbocycles. The van der Waals surface area contributed by atoms with Crippen molar-refractivity contribution >= 4 is 5.84 Å². The van der Waals surface area contributed by atoms with E-state index in [1.54, 1.807) is 0 Å². The molecule has 2 heterocycles. The molecule has 0 amide bonds. The average Bonchev–Trinajstić information content (AvgIpc) is 2.38. The van der Waals surface area contributed by atoms with Crippen LogP contribution in [-0.2, 0) is 11.2 Å². The topological polar surface area (TPSA) is 80.7 Å². The van der Waals surface area contributed by atoms with Crippen molar-refractivity contribution in [2.75, 3.05) is 13.2 Å². The van der Waals surface area contributed by atoms with Crippen molar-refractivity contribution in [1.29, 1.82) is 0 Å². The summed E-state index contributed by atoms with van der Waals surface area (Å²) in [5.41, 5.74) is 8.20. The molecule has 98 valence electrons. The van der Waals surface area contributed by atoms with Crippen LogP contribution in [0.15, 0.2) is 17.3 Å². The van der Waals surface area contributed by atoms with Gasteiger partial charge in [-0.05, 0) is 49.8 Å². The number of nitrogens with zero attached hydrogens (tertiary/aromatic N) is 2. The molecule has 1 aromatic rings. The van der Waals surface area contributed by atoms with E-state index in [1.165, 1.54) is 5.56 Å². The van der Waals surface area contributed by atoms with E-state index in [0.29, 0.717) is 11.6 Å². The van der Waals surface area contributed by atoms with Crippen molar-refractivity contribution in [3.63, 3.8) is 0 Å². The van der Waals surface area contributed by atoms with Crippen LogP contribution in [0.25, 0.3) is 0 Å². The highest BCUT2D eigenvalue weighted by molar-refractivity contribution is 5.95. The van der Waals surface area contributed by atoms with Crippen LogP contribution in [-0.4, -0.2) is 29.2 Å². The first kappa shape index (κ1) is 12.8. The molecule has 1 aromatic heterocycles. The number of amidine groups is 1. The molecule has 0 bridgehead atoms. The number of rotatable bonds is 3. The van der Waals surface area contributed by atoms with E-state index in [-0.39, 0.29) is 5.84 Å². The van der Waals surface area contributed by atoms with Crippen LogP contribution in [0, 0.1) is 12.8 Å². The van der Waals surface area contributed by atoms with Crippen LogP contribution in [0.4, 0.5) is 0 Å². The third kappa shape index (κ3) is 3.20. The molecule has 0 spiro atoms. The maximum atomic E-state index is 8.70. The van der Waals surface area contributed by atoms with Crippen molar-refractivity contribution < 1.29 is 9.94 Å². The lowest BCUT2D eigenvalue weighted by Crippen LogP contribution is -2.19. The third-order valence-electron chi connectivity index (χ3n) is 3.25. The fourth-order valence-corrected chi connectivity index (χ4v) is 2.32. The standard InChI is InChI=1S/C13H19N3O2/c1-9-6-11(7-10-2-4-18-5-3-10)8-12(15-9)13(14)16-17/h6,8,10,17H,2-5,7H2,1H3,(H2,14,16). The zero-order valence-electron chi connectivity index (χ0n) is 10.6. The smallest absolute Gasteiger partial charge is 0.188 e. The highest BCUT2D eigenvalue weighted by atomic mass is 16.5. The second kappa shape index (κ2) is 5.82. The average molecular weight is 249 g/mol. The molecule has 0 unspecified atom stereocenters. The lowest BCUT2D eigenvalue weighted by atomic mass is 9.92. The molecule has 0 atom stereocenters. The first-order chi connectivity index (χ1) is 8.69. The third-order valence-corrected chi connectivity index (χ3v) is 3.25. The number of hydrogen-bond donors (Lipinski definition) is 2. The molecular formula is C13H19N3O2. The van der Waals surface area contributed by atoms with Gasteiger partial charge in [0.05, 0.1) is 0 Å². The van der Waals surface area contributed by atoms with Crippen molar-refractivity contribution in [1.82, 2.24) is 4.98 Å². The number of aromatic nitrogens is 1. The van der Waals surface area contributed by atoms with E-state index >= 15 is 0 Å². The van der Waals surface area contributed by atoms with E-state index in [2.05, 4.69) is 16.2 Å². The van der Waals surface area contributed by atoms with Crippen LogP contribution >= 0.6 is 0 Å². The highest BCUT2D eigenvalue weighted by Gasteiger charge is 2.15. The summed E-state index contributed by atoms with van der Waals surface area (Å²) in [6.45, 7) is 3.62. The Bertz CT molecular complexity index is 440. The minimum atomic E-state index is 0.0620. The van der Waals surface area contributed by atoms with E-state index in [4.69, 9.17) is 15.7 Å². The molecule has 5 nitrogen and oxygen atoms in total. The lowest BCUT2D eigenvalue weighted by Gasteiger charge is -2.22. The van der Waals surface area contributed by atoms with Gasteiger partial charge in [-0.2, -0.15) is 0 Å². The highest BCUT2D eigenvalue weighted by Crippen LogP contribution is 2.20. The summed E-state index contributed by atoms with van der Waals surface area (Å²) >= 11 is 0. The Balaban J connectivity index is 2.14. The minimum absolute atomic E-state index is 0.0620. The van der Waals surface area contributed by atoms with E-state index in [0.717, 1.165) is 38.2 Å². The number of pyridine rings is 1. The zero-order valence-corrected chi connectivity index (χ0v) is 10.6. The van der Waals surface area contributed by atoms with Gasteiger partial charge in [-0.3, -0.25) is 0 Å². The summed E-state index contributed by atoms with van der Waals surface area (Å²) in [6, 6.07) is 3.96. The van der Waals surface area contributed by atoms with Gasteiger partial charge in [0, 0.05) is 18.9 Å². The van der Waals surface area contributed by atoms with Gasteiger partial charge in [0.1, 0.15) is 5.69 Å². The Labute approximate surface area is 107 Å². The van der Waals surface area contributed by atoms with Crippen molar-refractivity contribution in [2.24, 2.45) is 16.8 Å². The predicted octanol–water partition coefficient (Wildman–Crippen LogP) is 1.45. The van der Waals surface area contributed by atoms with Crippen LogP contribution in [0.2, 0.25) is 0 Å². The summed E-state index contributed by atoms with van der Waals surface area (Å²) < 4.78 is 5.36. The molecule has 0 aromatic carbocycles. The Morgan fingerprint density at radius 1 is 1.50 bits per heavy atom. The summed E-state index contributed by atoms with van der Waals surface area (Å²) in [7, 11) is 0. The van der Waals surface area contributed by atoms with Crippen LogP contribution < -0.4 is 5.73 Å². The number of nitrogens with two attached hydrogens (primary N) is 1. The summed E-state index contributed by atoms with van der Waals surface area (Å²) in [4.78, 5) is 4.26.